The minimum Gasteiger partial charge on any atom is -0.493 e. The first-order valence-electron chi connectivity index (χ1n) is 9.06. The van der Waals surface area contributed by atoms with Crippen LogP contribution in [0.4, 0.5) is 0 Å². The van der Waals surface area contributed by atoms with Crippen molar-refractivity contribution in [3.8, 4) is 5.75 Å². The van der Waals surface area contributed by atoms with Gasteiger partial charge in [-0.3, -0.25) is 4.79 Å². The van der Waals surface area contributed by atoms with Gasteiger partial charge in [0.15, 0.2) is 11.3 Å². The van der Waals surface area contributed by atoms with Crippen LogP contribution in [0.15, 0.2) is 57.7 Å². The van der Waals surface area contributed by atoms with E-state index in [1.165, 1.54) is 24.3 Å². The van der Waals surface area contributed by atoms with Crippen LogP contribution in [0.1, 0.15) is 21.5 Å². The van der Waals surface area contributed by atoms with Crippen molar-refractivity contribution in [2.24, 2.45) is 0 Å². The molecule has 0 fully saturated rings. The molecule has 1 N–H and O–H groups in total. The summed E-state index contributed by atoms with van der Waals surface area (Å²) in [6.07, 6.45) is 1.42. The molecular formula is C22H21NO5. The number of carbonyl (C=O) groups is 1. The van der Waals surface area contributed by atoms with E-state index < -0.39 is 17.1 Å². The lowest BCUT2D eigenvalue weighted by atomic mass is 10.00. The summed E-state index contributed by atoms with van der Waals surface area (Å²) in [6.45, 7) is 0.298. The Hall–Kier alpha value is -3.12. The molecule has 1 aliphatic rings. The number of hydrogen-bond donors (Lipinski definition) is 1. The number of para-hydroxylation sites is 1. The topological polar surface area (TPSA) is 77.8 Å². The lowest BCUT2D eigenvalue weighted by Gasteiger charge is -2.27. The van der Waals surface area contributed by atoms with Crippen LogP contribution < -0.4 is 15.7 Å². The van der Waals surface area contributed by atoms with Crippen molar-refractivity contribution in [1.82, 2.24) is 5.32 Å². The van der Waals surface area contributed by atoms with E-state index in [-0.39, 0.29) is 5.56 Å². The van der Waals surface area contributed by atoms with Gasteiger partial charge in [-0.25, -0.2) is 4.79 Å². The molecule has 6 nitrogen and oxygen atoms in total. The predicted octanol–water partition coefficient (Wildman–Crippen LogP) is 2.72. The van der Waals surface area contributed by atoms with Crippen LogP contribution in [0.3, 0.4) is 0 Å². The van der Waals surface area contributed by atoms with Crippen LogP contribution in [0, 0.1) is 0 Å². The molecule has 0 saturated carbocycles. The number of rotatable bonds is 5. The highest BCUT2D eigenvalue weighted by Crippen LogP contribution is 2.32. The summed E-state index contributed by atoms with van der Waals surface area (Å²) in [7, 11) is 3.15. The molecule has 1 heterocycles. The Morgan fingerprint density at radius 3 is 2.46 bits per heavy atom. The van der Waals surface area contributed by atoms with E-state index in [0.29, 0.717) is 36.1 Å². The molecule has 0 radical (unpaired) electrons. The van der Waals surface area contributed by atoms with Crippen molar-refractivity contribution in [2.75, 3.05) is 20.8 Å². The van der Waals surface area contributed by atoms with E-state index in [2.05, 4.69) is 17.4 Å². The Bertz CT molecular complexity index is 1080. The van der Waals surface area contributed by atoms with E-state index in [1.54, 1.807) is 25.3 Å². The fraction of sp³-hybridized carbons (Fsp3) is 0.273. The van der Waals surface area contributed by atoms with Crippen molar-refractivity contribution in [2.45, 2.75) is 18.4 Å². The van der Waals surface area contributed by atoms with Gasteiger partial charge in [-0.15, -0.1) is 0 Å². The molecule has 4 rings (SSSR count). The van der Waals surface area contributed by atoms with Gasteiger partial charge in [0.05, 0.1) is 12.7 Å². The second kappa shape index (κ2) is 7.13. The second-order valence-corrected chi connectivity index (χ2v) is 7.02. The largest absolute Gasteiger partial charge is 0.493 e. The van der Waals surface area contributed by atoms with Crippen LogP contribution in [0.5, 0.6) is 5.75 Å². The number of ether oxygens (including phenoxy) is 2. The average Bonchev–Trinajstić information content (AvgIpc) is 3.10. The zero-order chi connectivity index (χ0) is 19.7. The molecule has 0 saturated heterocycles. The molecule has 0 spiro atoms. The van der Waals surface area contributed by atoms with Crippen molar-refractivity contribution >= 4 is 16.9 Å². The Morgan fingerprint density at radius 1 is 1.11 bits per heavy atom. The molecule has 0 aliphatic heterocycles. The lowest BCUT2D eigenvalue weighted by Crippen LogP contribution is -2.46. The average molecular weight is 379 g/mol. The quantitative estimate of drug-likeness (QED) is 0.690. The Kier molecular flexibility index (Phi) is 4.65. The third kappa shape index (κ3) is 3.16. The molecule has 3 aromatic rings. The van der Waals surface area contributed by atoms with Crippen molar-refractivity contribution in [3.63, 3.8) is 0 Å². The Labute approximate surface area is 162 Å². The number of benzene rings is 2. The zero-order valence-electron chi connectivity index (χ0n) is 15.8. The maximum atomic E-state index is 12.7. The van der Waals surface area contributed by atoms with Crippen LogP contribution >= 0.6 is 0 Å². The molecule has 28 heavy (non-hydrogen) atoms. The fourth-order valence-electron chi connectivity index (χ4n) is 3.77. The van der Waals surface area contributed by atoms with Gasteiger partial charge in [-0.2, -0.15) is 0 Å². The summed E-state index contributed by atoms with van der Waals surface area (Å²) in [4.78, 5) is 25.0. The normalized spacial score (nSPS) is 14.6. The van der Waals surface area contributed by atoms with E-state index in [9.17, 15) is 9.59 Å². The number of fused-ring (bicyclic) bond motifs is 2. The fourth-order valence-corrected chi connectivity index (χ4v) is 3.77. The van der Waals surface area contributed by atoms with Crippen molar-refractivity contribution in [1.29, 1.82) is 0 Å². The monoisotopic (exact) mass is 379 g/mol. The minimum atomic E-state index is -0.698. The number of amides is 1. The Morgan fingerprint density at radius 2 is 1.82 bits per heavy atom. The summed E-state index contributed by atoms with van der Waals surface area (Å²) >= 11 is 0. The third-order valence-corrected chi connectivity index (χ3v) is 5.34. The lowest BCUT2D eigenvalue weighted by molar-refractivity contribution is 0.000148. The summed E-state index contributed by atoms with van der Waals surface area (Å²) in [5, 5.41) is 3.47. The molecule has 0 bridgehead atoms. The van der Waals surface area contributed by atoms with Gasteiger partial charge in [0.2, 0.25) is 0 Å². The third-order valence-electron chi connectivity index (χ3n) is 5.34. The van der Waals surface area contributed by atoms with Gasteiger partial charge in [-0.1, -0.05) is 36.4 Å². The number of carbonyl (C=O) groups excluding carboxylic acids is 1. The Balaban J connectivity index is 1.56. The first-order chi connectivity index (χ1) is 13.5. The smallest absolute Gasteiger partial charge is 0.349 e. The minimum absolute atomic E-state index is 0.0393. The highest BCUT2D eigenvalue weighted by atomic mass is 16.5. The van der Waals surface area contributed by atoms with Gasteiger partial charge in [0.1, 0.15) is 5.56 Å². The van der Waals surface area contributed by atoms with E-state index in [1.807, 2.05) is 12.1 Å². The van der Waals surface area contributed by atoms with Crippen LogP contribution in [-0.4, -0.2) is 32.3 Å². The zero-order valence-corrected chi connectivity index (χ0v) is 15.8. The van der Waals surface area contributed by atoms with E-state index in [4.69, 9.17) is 13.9 Å². The maximum absolute atomic E-state index is 12.7. The molecule has 0 atom stereocenters. The molecule has 1 aliphatic carbocycles. The number of methoxy groups -OCH3 is 2. The highest BCUT2D eigenvalue weighted by molar-refractivity contribution is 5.97. The van der Waals surface area contributed by atoms with Gasteiger partial charge >= 0.3 is 5.63 Å². The summed E-state index contributed by atoms with van der Waals surface area (Å²) in [5.41, 5.74) is 1.51. The standard InChI is InChI=1S/C22H21NO5/c1-26-18-9-5-8-14-10-17(21(25)28-19(14)18)20(24)23-13-22(27-2)11-15-6-3-4-7-16(15)12-22/h3-10H,11-13H2,1-2H3,(H,23,24). The van der Waals surface area contributed by atoms with Crippen LogP contribution in [0.2, 0.25) is 0 Å². The summed E-state index contributed by atoms with van der Waals surface area (Å²) < 4.78 is 16.3. The van der Waals surface area contributed by atoms with Crippen molar-refractivity contribution < 1.29 is 18.7 Å². The van der Waals surface area contributed by atoms with Gasteiger partial charge in [0.25, 0.3) is 5.91 Å². The SMILES string of the molecule is COc1cccc2cc(C(=O)NCC3(OC)Cc4ccccc4C3)c(=O)oc12. The van der Waals surface area contributed by atoms with E-state index in [0.717, 1.165) is 0 Å². The molecule has 6 heteroatoms. The van der Waals surface area contributed by atoms with Crippen molar-refractivity contribution in [3.05, 3.63) is 75.6 Å². The molecular weight excluding hydrogens is 358 g/mol. The van der Waals surface area contributed by atoms with Crippen LogP contribution in [0.25, 0.3) is 11.0 Å². The first kappa shape index (κ1) is 18.3. The van der Waals surface area contributed by atoms with Crippen LogP contribution in [-0.2, 0) is 17.6 Å². The predicted molar refractivity (Wildman–Crippen MR) is 105 cm³/mol. The molecule has 2 aromatic carbocycles. The first-order valence-corrected chi connectivity index (χ1v) is 9.06. The summed E-state index contributed by atoms with van der Waals surface area (Å²) in [5.74, 6) is -0.0329. The van der Waals surface area contributed by atoms with Gasteiger partial charge < -0.3 is 19.2 Å². The number of hydrogen-bond acceptors (Lipinski definition) is 5. The summed E-state index contributed by atoms with van der Waals surface area (Å²) in [6, 6.07) is 14.9. The van der Waals surface area contributed by atoms with E-state index >= 15 is 0 Å². The maximum Gasteiger partial charge on any atom is 0.349 e. The second-order valence-electron chi connectivity index (χ2n) is 7.02. The molecule has 144 valence electrons. The van der Waals surface area contributed by atoms with Gasteiger partial charge in [-0.05, 0) is 23.3 Å². The van der Waals surface area contributed by atoms with Gasteiger partial charge in [0, 0.05) is 31.9 Å². The molecule has 1 aromatic heterocycles. The highest BCUT2D eigenvalue weighted by Gasteiger charge is 2.37. The number of nitrogens with one attached hydrogen (secondary N) is 1. The molecule has 0 unspecified atom stereocenters. The molecule has 1 amide bonds.